The number of nitrogens with one attached hydrogen (secondary N) is 1. The van der Waals surface area contributed by atoms with Crippen molar-refractivity contribution in [2.24, 2.45) is 5.73 Å². The molecule has 5 nitrogen and oxygen atoms in total. The second kappa shape index (κ2) is 6.82. The molecule has 112 valence electrons. The summed E-state index contributed by atoms with van der Waals surface area (Å²) >= 11 is 0. The quantitative estimate of drug-likeness (QED) is 0.556. The van der Waals surface area contributed by atoms with Gasteiger partial charge in [0.25, 0.3) is 10.1 Å². The Morgan fingerprint density at radius 3 is 2.19 bits per heavy atom. The lowest BCUT2D eigenvalue weighted by atomic mass is 10.1. The van der Waals surface area contributed by atoms with Gasteiger partial charge in [0.05, 0.1) is 11.1 Å². The summed E-state index contributed by atoms with van der Waals surface area (Å²) in [6.45, 7) is 0.528. The molecule has 0 fully saturated rings. The molecule has 1 unspecified atom stereocenters. The molecule has 1 atom stereocenters. The van der Waals surface area contributed by atoms with E-state index in [0.717, 1.165) is 11.1 Å². The molecule has 0 amide bonds. The largest absolute Gasteiger partial charge is 0.316 e. The molecule has 0 aliphatic rings. The molecule has 0 aliphatic carbocycles. The van der Waals surface area contributed by atoms with Gasteiger partial charge in [-0.05, 0) is 23.3 Å². The molecular weight excluding hydrogens is 288 g/mol. The third kappa shape index (κ3) is 4.95. The Bertz CT molecular complexity index is 670. The Hall–Kier alpha value is -1.73. The summed E-state index contributed by atoms with van der Waals surface area (Å²) in [6.07, 6.45) is 0.526. The minimum absolute atomic E-state index is 0.111. The molecule has 2 aromatic rings. The van der Waals surface area contributed by atoms with Gasteiger partial charge in [0.2, 0.25) is 0 Å². The van der Waals surface area contributed by atoms with Gasteiger partial charge in [-0.2, -0.15) is 8.42 Å². The minimum Gasteiger partial charge on any atom is -0.316 e. The van der Waals surface area contributed by atoms with Gasteiger partial charge in [-0.3, -0.25) is 9.87 Å². The van der Waals surface area contributed by atoms with Crippen molar-refractivity contribution in [3.63, 3.8) is 0 Å². The van der Waals surface area contributed by atoms with Gasteiger partial charge in [0, 0.05) is 13.0 Å². The Balaban J connectivity index is 1.88. The molecule has 0 bridgehead atoms. The van der Waals surface area contributed by atoms with E-state index < -0.39 is 10.1 Å². The maximum absolute atomic E-state index is 10.9. The lowest BCUT2D eigenvalue weighted by Gasteiger charge is -2.14. The molecule has 0 heterocycles. The number of nitrogens with two attached hydrogens (primary N) is 1. The summed E-state index contributed by atoms with van der Waals surface area (Å²) in [5.74, 6) is 0. The van der Waals surface area contributed by atoms with E-state index in [9.17, 15) is 8.42 Å². The monoisotopic (exact) mass is 306 g/mol. The summed E-state index contributed by atoms with van der Waals surface area (Å²) in [7, 11) is -4.14. The Morgan fingerprint density at radius 2 is 1.62 bits per heavy atom. The van der Waals surface area contributed by atoms with Crippen molar-refractivity contribution in [2.45, 2.75) is 24.0 Å². The smallest absolute Gasteiger partial charge is 0.294 e. The van der Waals surface area contributed by atoms with Gasteiger partial charge in [-0.15, -0.1) is 0 Å². The number of hydrogen-bond donors (Lipinski definition) is 3. The maximum atomic E-state index is 10.9. The number of rotatable bonds is 6. The van der Waals surface area contributed by atoms with Crippen molar-refractivity contribution in [1.29, 1.82) is 0 Å². The Labute approximate surface area is 124 Å². The van der Waals surface area contributed by atoms with Crippen molar-refractivity contribution in [1.82, 2.24) is 5.32 Å². The van der Waals surface area contributed by atoms with E-state index in [2.05, 4.69) is 5.32 Å². The summed E-state index contributed by atoms with van der Waals surface area (Å²) in [5.41, 5.74) is 8.05. The van der Waals surface area contributed by atoms with Crippen molar-refractivity contribution < 1.29 is 13.0 Å². The topological polar surface area (TPSA) is 92.4 Å². The van der Waals surface area contributed by atoms with Crippen LogP contribution in [-0.4, -0.2) is 19.1 Å². The zero-order valence-electron chi connectivity index (χ0n) is 11.4. The van der Waals surface area contributed by atoms with Crippen LogP contribution in [0.15, 0.2) is 59.5 Å². The van der Waals surface area contributed by atoms with Crippen LogP contribution in [0.3, 0.4) is 0 Å². The molecule has 0 saturated carbocycles. The lowest BCUT2D eigenvalue weighted by Crippen LogP contribution is -2.38. The fraction of sp³-hybridized carbons (Fsp3) is 0.200. The highest BCUT2D eigenvalue weighted by atomic mass is 32.2. The zero-order chi connectivity index (χ0) is 15.3. The number of hydrogen-bond acceptors (Lipinski definition) is 4. The van der Waals surface area contributed by atoms with Crippen LogP contribution in [0.2, 0.25) is 0 Å². The first-order valence-electron chi connectivity index (χ1n) is 6.54. The average Bonchev–Trinajstić information content (AvgIpc) is 2.46. The van der Waals surface area contributed by atoms with Gasteiger partial charge < -0.3 is 5.73 Å². The molecular formula is C15H18N2O3S. The first-order chi connectivity index (χ1) is 9.95. The minimum atomic E-state index is -4.14. The third-order valence-electron chi connectivity index (χ3n) is 3.09. The van der Waals surface area contributed by atoms with Crippen LogP contribution in [0.5, 0.6) is 0 Å². The lowest BCUT2D eigenvalue weighted by molar-refractivity contribution is 0.483. The van der Waals surface area contributed by atoms with E-state index in [1.54, 1.807) is 12.1 Å². The van der Waals surface area contributed by atoms with Crippen LogP contribution < -0.4 is 11.1 Å². The standard InChI is InChI=1S/C15H18N2O3S/c16-15(10-12-4-2-1-3-5-12)17-11-13-6-8-14(9-7-13)21(18,19)20/h1-9,15,17H,10-11,16H2,(H,18,19,20). The Kier molecular flexibility index (Phi) is 5.08. The summed E-state index contributed by atoms with van der Waals surface area (Å²) < 4.78 is 30.8. The first-order valence-corrected chi connectivity index (χ1v) is 7.98. The molecule has 4 N–H and O–H groups in total. The molecule has 6 heteroatoms. The third-order valence-corrected chi connectivity index (χ3v) is 3.96. The second-order valence-electron chi connectivity index (χ2n) is 4.80. The predicted octanol–water partition coefficient (Wildman–Crippen LogP) is 1.55. The van der Waals surface area contributed by atoms with E-state index in [1.807, 2.05) is 30.3 Å². The molecule has 0 radical (unpaired) electrons. The summed E-state index contributed by atoms with van der Waals surface area (Å²) in [4.78, 5) is -0.111. The van der Waals surface area contributed by atoms with Gasteiger partial charge in [-0.25, -0.2) is 0 Å². The molecule has 21 heavy (non-hydrogen) atoms. The number of benzene rings is 2. The van der Waals surface area contributed by atoms with Crippen LogP contribution in [0.4, 0.5) is 0 Å². The van der Waals surface area contributed by atoms with Crippen molar-refractivity contribution in [3.8, 4) is 0 Å². The summed E-state index contributed by atoms with van der Waals surface area (Å²) in [6, 6.07) is 16.0. The van der Waals surface area contributed by atoms with Crippen molar-refractivity contribution >= 4 is 10.1 Å². The normalized spacial score (nSPS) is 13.0. The van der Waals surface area contributed by atoms with Gasteiger partial charge >= 0.3 is 0 Å². The molecule has 0 aromatic heterocycles. The highest BCUT2D eigenvalue weighted by Gasteiger charge is 2.09. The second-order valence-corrected chi connectivity index (χ2v) is 6.22. The van der Waals surface area contributed by atoms with E-state index >= 15 is 0 Å². The molecule has 0 spiro atoms. The van der Waals surface area contributed by atoms with E-state index in [1.165, 1.54) is 12.1 Å². The first kappa shape index (κ1) is 15.7. The molecule has 0 aliphatic heterocycles. The van der Waals surface area contributed by atoms with Crippen LogP contribution in [0.1, 0.15) is 11.1 Å². The van der Waals surface area contributed by atoms with E-state index in [0.29, 0.717) is 13.0 Å². The fourth-order valence-corrected chi connectivity index (χ4v) is 2.45. The maximum Gasteiger partial charge on any atom is 0.294 e. The predicted molar refractivity (Wildman–Crippen MR) is 81.2 cm³/mol. The summed E-state index contributed by atoms with van der Waals surface area (Å²) in [5, 5.41) is 3.17. The highest BCUT2D eigenvalue weighted by Crippen LogP contribution is 2.10. The Morgan fingerprint density at radius 1 is 1.00 bits per heavy atom. The van der Waals surface area contributed by atoms with Crippen molar-refractivity contribution in [2.75, 3.05) is 0 Å². The van der Waals surface area contributed by atoms with Crippen LogP contribution in [0, 0.1) is 0 Å². The van der Waals surface area contributed by atoms with Gasteiger partial charge in [0.15, 0.2) is 0 Å². The zero-order valence-corrected chi connectivity index (χ0v) is 12.3. The van der Waals surface area contributed by atoms with E-state index in [-0.39, 0.29) is 11.1 Å². The molecule has 0 saturated heterocycles. The molecule has 2 rings (SSSR count). The fourth-order valence-electron chi connectivity index (χ4n) is 1.97. The highest BCUT2D eigenvalue weighted by molar-refractivity contribution is 7.85. The SMILES string of the molecule is NC(Cc1ccccc1)NCc1ccc(S(=O)(=O)O)cc1. The van der Waals surface area contributed by atoms with Gasteiger partial charge in [0.1, 0.15) is 0 Å². The van der Waals surface area contributed by atoms with E-state index in [4.69, 9.17) is 10.3 Å². The van der Waals surface area contributed by atoms with Crippen LogP contribution >= 0.6 is 0 Å². The van der Waals surface area contributed by atoms with Crippen LogP contribution in [-0.2, 0) is 23.1 Å². The van der Waals surface area contributed by atoms with Gasteiger partial charge in [-0.1, -0.05) is 42.5 Å². The van der Waals surface area contributed by atoms with Crippen molar-refractivity contribution in [3.05, 3.63) is 65.7 Å². The van der Waals surface area contributed by atoms with Crippen LogP contribution in [0.25, 0.3) is 0 Å². The molecule has 2 aromatic carbocycles. The average molecular weight is 306 g/mol.